The number of carbonyl (C=O) groups excluding carboxylic acids is 1. The third-order valence-corrected chi connectivity index (χ3v) is 12.1. The number of piperidine rings is 1. The Balaban J connectivity index is 0.884. The van der Waals surface area contributed by atoms with Crippen molar-refractivity contribution in [3.05, 3.63) is 112 Å². The van der Waals surface area contributed by atoms with E-state index in [0.29, 0.717) is 30.5 Å². The number of aromatic hydroxyl groups is 1. The van der Waals surface area contributed by atoms with Gasteiger partial charge in [-0.3, -0.25) is 9.69 Å². The molecule has 2 N–H and O–H groups in total. The van der Waals surface area contributed by atoms with Gasteiger partial charge in [0.2, 0.25) is 0 Å². The third kappa shape index (κ3) is 5.75. The van der Waals surface area contributed by atoms with Crippen LogP contribution in [0.25, 0.3) is 0 Å². The number of nitrogens with one attached hydrogen (secondary N) is 1. The highest BCUT2D eigenvalue weighted by Gasteiger charge is 2.38. The molecule has 4 aromatic rings. The molecule has 4 heterocycles. The summed E-state index contributed by atoms with van der Waals surface area (Å²) in [6.07, 6.45) is 3.79. The first-order chi connectivity index (χ1) is 24.9. The van der Waals surface area contributed by atoms with Gasteiger partial charge >= 0.3 is 0 Å². The molecule has 3 unspecified atom stereocenters. The van der Waals surface area contributed by atoms with Crippen LogP contribution in [0.1, 0.15) is 69.3 Å². The number of benzene rings is 4. The number of methoxy groups -OCH3 is 1. The van der Waals surface area contributed by atoms with E-state index in [4.69, 9.17) is 9.47 Å². The molecule has 1 aliphatic carbocycles. The van der Waals surface area contributed by atoms with Crippen molar-refractivity contribution < 1.29 is 23.8 Å². The monoisotopic (exact) mass is 688 g/mol. The standard InChI is InChI=1S/C42H45FN4O4/c1-50-41-34(39-32(27-5-3-2-4-6-27)9-7-28-19-31(48)8-10-33(28)39)11-12-36(40(41)43)46-15-13-26(14-16-46)23-45-17-18-47-30(24-45)25-51-38-21-35-29(20-37(38)47)22-44-42(35)49/h2-6,8,10-12,19-21,26,30,32,39,48H,7,9,13-18,22-25H2,1H3,(H,44,49). The molecule has 4 aromatic carbocycles. The summed E-state index contributed by atoms with van der Waals surface area (Å²) >= 11 is 0. The zero-order chi connectivity index (χ0) is 34.6. The Labute approximate surface area is 298 Å². The Morgan fingerprint density at radius 1 is 0.922 bits per heavy atom. The number of fused-ring (bicyclic) bond motifs is 5. The highest BCUT2D eigenvalue weighted by Crippen LogP contribution is 2.50. The number of hydrogen-bond acceptors (Lipinski definition) is 7. The molecule has 4 aliphatic heterocycles. The Bertz CT molecular complexity index is 1960. The van der Waals surface area contributed by atoms with Gasteiger partial charge in [-0.1, -0.05) is 42.5 Å². The van der Waals surface area contributed by atoms with Crippen molar-refractivity contribution in [3.63, 3.8) is 0 Å². The molecule has 5 aliphatic rings. The molecule has 0 saturated carbocycles. The van der Waals surface area contributed by atoms with Crippen LogP contribution in [0.3, 0.4) is 0 Å². The van der Waals surface area contributed by atoms with Crippen molar-refractivity contribution in [1.29, 1.82) is 0 Å². The van der Waals surface area contributed by atoms with Crippen LogP contribution >= 0.6 is 0 Å². The van der Waals surface area contributed by atoms with Gasteiger partial charge in [0.05, 0.1) is 24.5 Å². The topological polar surface area (TPSA) is 77.5 Å². The van der Waals surface area contributed by atoms with Gasteiger partial charge in [-0.2, -0.15) is 0 Å². The van der Waals surface area contributed by atoms with E-state index >= 15 is 4.39 Å². The van der Waals surface area contributed by atoms with E-state index in [-0.39, 0.29) is 35.4 Å². The predicted molar refractivity (Wildman–Crippen MR) is 196 cm³/mol. The number of anilines is 2. The normalized spacial score (nSPS) is 23.1. The van der Waals surface area contributed by atoms with E-state index in [1.807, 2.05) is 30.3 Å². The highest BCUT2D eigenvalue weighted by atomic mass is 19.1. The SMILES string of the molecule is COc1c(C2c3ccc(O)cc3CCC2c2ccccc2)ccc(N2CCC(CN3CCN4c5cc6c(cc5OCC4C3)C(=O)NC6)CC2)c1F. The minimum absolute atomic E-state index is 0.0154. The smallest absolute Gasteiger partial charge is 0.252 e. The predicted octanol–water partition coefficient (Wildman–Crippen LogP) is 6.44. The second kappa shape index (κ2) is 13.1. The number of phenolic OH excluding ortho intramolecular Hbond substituents is 1. The number of phenols is 1. The number of piperazine rings is 1. The Hall–Kier alpha value is -4.76. The summed E-state index contributed by atoms with van der Waals surface area (Å²) in [4.78, 5) is 19.4. The van der Waals surface area contributed by atoms with Crippen LogP contribution in [0, 0.1) is 11.7 Å². The molecule has 51 heavy (non-hydrogen) atoms. The Morgan fingerprint density at radius 3 is 2.57 bits per heavy atom. The number of ether oxygens (including phenoxy) is 2. The van der Waals surface area contributed by atoms with Crippen LogP contribution in [0.2, 0.25) is 0 Å². The van der Waals surface area contributed by atoms with Crippen molar-refractivity contribution in [2.75, 3.05) is 62.8 Å². The van der Waals surface area contributed by atoms with Crippen LogP contribution in [0.15, 0.2) is 72.8 Å². The largest absolute Gasteiger partial charge is 0.508 e. The molecule has 9 rings (SSSR count). The van der Waals surface area contributed by atoms with Crippen molar-refractivity contribution in [3.8, 4) is 17.2 Å². The van der Waals surface area contributed by atoms with E-state index < -0.39 is 0 Å². The zero-order valence-electron chi connectivity index (χ0n) is 29.1. The van der Waals surface area contributed by atoms with E-state index in [2.05, 4.69) is 56.4 Å². The fourth-order valence-corrected chi connectivity index (χ4v) is 9.54. The highest BCUT2D eigenvalue weighted by molar-refractivity contribution is 5.99. The van der Waals surface area contributed by atoms with Crippen LogP contribution in [0.4, 0.5) is 15.8 Å². The molecule has 0 radical (unpaired) electrons. The van der Waals surface area contributed by atoms with Crippen LogP contribution in [-0.2, 0) is 13.0 Å². The van der Waals surface area contributed by atoms with Gasteiger partial charge in [-0.05, 0) is 90.1 Å². The number of aryl methyl sites for hydroxylation is 1. The molecule has 0 bridgehead atoms. The van der Waals surface area contributed by atoms with Crippen molar-refractivity contribution >= 4 is 17.3 Å². The Morgan fingerprint density at radius 2 is 1.75 bits per heavy atom. The van der Waals surface area contributed by atoms with Crippen molar-refractivity contribution in [1.82, 2.24) is 10.2 Å². The number of hydrogen-bond donors (Lipinski definition) is 2. The molecule has 3 atom stereocenters. The van der Waals surface area contributed by atoms with Gasteiger partial charge in [-0.15, -0.1) is 0 Å². The van der Waals surface area contributed by atoms with Gasteiger partial charge < -0.3 is 29.7 Å². The third-order valence-electron chi connectivity index (χ3n) is 12.1. The lowest BCUT2D eigenvalue weighted by Crippen LogP contribution is -2.58. The molecule has 264 valence electrons. The van der Waals surface area contributed by atoms with Crippen LogP contribution in [0.5, 0.6) is 17.2 Å². The van der Waals surface area contributed by atoms with Gasteiger partial charge in [-0.25, -0.2) is 4.39 Å². The fourth-order valence-electron chi connectivity index (χ4n) is 9.54. The van der Waals surface area contributed by atoms with Crippen molar-refractivity contribution in [2.45, 2.75) is 50.1 Å². The van der Waals surface area contributed by atoms with Crippen LogP contribution in [-0.4, -0.2) is 74.9 Å². The van der Waals surface area contributed by atoms with E-state index in [1.54, 1.807) is 13.2 Å². The van der Waals surface area contributed by atoms with Gasteiger partial charge in [0, 0.05) is 62.9 Å². The second-order valence-electron chi connectivity index (χ2n) is 14.9. The number of nitrogens with zero attached hydrogens (tertiary/aromatic N) is 3. The lowest BCUT2D eigenvalue weighted by atomic mass is 9.69. The maximum Gasteiger partial charge on any atom is 0.252 e. The van der Waals surface area contributed by atoms with Crippen LogP contribution < -0.4 is 24.6 Å². The lowest BCUT2D eigenvalue weighted by molar-refractivity contribution is 0.0965. The summed E-state index contributed by atoms with van der Waals surface area (Å²) in [5.41, 5.74) is 7.84. The molecule has 8 nitrogen and oxygen atoms in total. The summed E-state index contributed by atoms with van der Waals surface area (Å²) in [7, 11) is 1.58. The van der Waals surface area contributed by atoms with Gasteiger partial charge in [0.25, 0.3) is 5.91 Å². The number of carbonyl (C=O) groups is 1. The first-order valence-electron chi connectivity index (χ1n) is 18.5. The van der Waals surface area contributed by atoms with E-state index in [1.165, 1.54) is 5.56 Å². The molecule has 2 saturated heterocycles. The summed E-state index contributed by atoms with van der Waals surface area (Å²) in [5, 5.41) is 13.2. The lowest BCUT2D eigenvalue weighted by Gasteiger charge is -2.47. The first kappa shape index (κ1) is 32.2. The van der Waals surface area contributed by atoms with E-state index in [0.717, 1.165) is 104 Å². The summed E-state index contributed by atoms with van der Waals surface area (Å²) in [5.74, 6) is 1.73. The maximum absolute atomic E-state index is 16.6. The summed E-state index contributed by atoms with van der Waals surface area (Å²) in [6.45, 7) is 6.74. The summed E-state index contributed by atoms with van der Waals surface area (Å²) < 4.78 is 28.7. The average Bonchev–Trinajstić information content (AvgIpc) is 3.52. The Kier molecular flexibility index (Phi) is 8.26. The first-order valence-corrected chi connectivity index (χ1v) is 18.5. The van der Waals surface area contributed by atoms with Crippen molar-refractivity contribution in [2.24, 2.45) is 5.92 Å². The average molecular weight is 689 g/mol. The molecule has 9 heteroatoms. The van der Waals surface area contributed by atoms with Gasteiger partial charge in [0.15, 0.2) is 11.6 Å². The van der Waals surface area contributed by atoms with E-state index in [9.17, 15) is 9.90 Å². The van der Waals surface area contributed by atoms with Gasteiger partial charge in [0.1, 0.15) is 18.1 Å². The number of halogens is 1. The minimum Gasteiger partial charge on any atom is -0.508 e. The maximum atomic E-state index is 16.6. The molecule has 0 aromatic heterocycles. The molecular weight excluding hydrogens is 643 g/mol. The second-order valence-corrected chi connectivity index (χ2v) is 14.9. The quantitative estimate of drug-likeness (QED) is 0.241. The molecule has 0 spiro atoms. The minimum atomic E-state index is -0.286. The molecule has 2 fully saturated rings. The summed E-state index contributed by atoms with van der Waals surface area (Å²) in [6, 6.07) is 24.5. The zero-order valence-corrected chi connectivity index (χ0v) is 29.1. The molecular formula is C42H45FN4O4. The number of rotatable bonds is 6. The number of amides is 1. The molecule has 1 amide bonds. The fraction of sp³-hybridized carbons (Fsp3) is 0.405.